The first kappa shape index (κ1) is 20.6. The molecule has 0 spiro atoms. The Morgan fingerprint density at radius 1 is 1.03 bits per heavy atom. The van der Waals surface area contributed by atoms with Crippen LogP contribution in [0.5, 0.6) is 0 Å². The van der Waals surface area contributed by atoms with E-state index in [0.29, 0.717) is 48.5 Å². The van der Waals surface area contributed by atoms with Crippen LogP contribution in [0.25, 0.3) is 0 Å². The zero-order chi connectivity index (χ0) is 20.4. The summed E-state index contributed by atoms with van der Waals surface area (Å²) in [6, 6.07) is 7.09. The fraction of sp³-hybridized carbons (Fsp3) is 0.474. The van der Waals surface area contributed by atoms with Crippen molar-refractivity contribution in [1.29, 1.82) is 0 Å². The first-order valence-corrected chi connectivity index (χ1v) is 12.3. The van der Waals surface area contributed by atoms with E-state index in [1.165, 1.54) is 15.6 Å². The molecule has 2 fully saturated rings. The summed E-state index contributed by atoms with van der Waals surface area (Å²) < 4.78 is 27.2. The van der Waals surface area contributed by atoms with Crippen LogP contribution in [0.4, 0.5) is 5.82 Å². The number of hydrogen-bond acceptors (Lipinski definition) is 6. The third-order valence-electron chi connectivity index (χ3n) is 5.29. The number of thiophene rings is 1. The van der Waals surface area contributed by atoms with Gasteiger partial charge < -0.3 is 9.80 Å². The number of sulfonamides is 1. The zero-order valence-electron chi connectivity index (χ0n) is 16.0. The number of carbonyl (C=O) groups is 1. The number of piperazine rings is 1. The first-order chi connectivity index (χ1) is 13.9. The molecule has 2 aliphatic heterocycles. The summed E-state index contributed by atoms with van der Waals surface area (Å²) in [7, 11) is -3.42. The number of carbonyl (C=O) groups excluding carboxylic acids is 1. The summed E-state index contributed by atoms with van der Waals surface area (Å²) in [4.78, 5) is 21.8. The zero-order valence-corrected chi connectivity index (χ0v) is 18.3. The van der Waals surface area contributed by atoms with Crippen molar-refractivity contribution in [2.45, 2.75) is 23.5 Å². The van der Waals surface area contributed by atoms with Crippen LogP contribution in [0.15, 0.2) is 34.7 Å². The maximum absolute atomic E-state index is 12.7. The highest BCUT2D eigenvalue weighted by Crippen LogP contribution is 2.28. The normalized spacial score (nSPS) is 18.4. The number of anilines is 1. The Bertz CT molecular complexity index is 964. The van der Waals surface area contributed by atoms with E-state index in [4.69, 9.17) is 11.6 Å². The molecular weight excluding hydrogens is 432 g/mol. The summed E-state index contributed by atoms with van der Waals surface area (Å²) in [6.45, 7) is 3.82. The monoisotopic (exact) mass is 454 g/mol. The van der Waals surface area contributed by atoms with Crippen molar-refractivity contribution in [2.24, 2.45) is 0 Å². The molecular formula is C19H23ClN4O3S2. The Labute approximate surface area is 179 Å². The van der Waals surface area contributed by atoms with Crippen LogP contribution in [-0.4, -0.2) is 67.8 Å². The van der Waals surface area contributed by atoms with Gasteiger partial charge >= 0.3 is 0 Å². The molecule has 0 N–H and O–H groups in total. The lowest BCUT2D eigenvalue weighted by Gasteiger charge is -2.35. The molecule has 0 saturated carbocycles. The third kappa shape index (κ3) is 4.58. The van der Waals surface area contributed by atoms with Crippen LogP contribution in [0.2, 0.25) is 5.02 Å². The van der Waals surface area contributed by atoms with E-state index in [9.17, 15) is 13.2 Å². The Hall–Kier alpha value is -1.68. The molecule has 2 aromatic heterocycles. The maximum Gasteiger partial charge on any atom is 0.252 e. The SMILES string of the molecule is O=C(Cc1ccc(S(=O)(=O)N2CCCC2)s1)N1CCN(c2ccc(Cl)cn2)CC1. The summed E-state index contributed by atoms with van der Waals surface area (Å²) in [5.74, 6) is 0.886. The Balaban J connectivity index is 1.33. The van der Waals surface area contributed by atoms with E-state index in [1.54, 1.807) is 18.3 Å². The minimum Gasteiger partial charge on any atom is -0.353 e. The molecule has 156 valence electrons. The summed E-state index contributed by atoms with van der Waals surface area (Å²) in [5.41, 5.74) is 0. The van der Waals surface area contributed by atoms with Gasteiger partial charge in [0.25, 0.3) is 10.0 Å². The van der Waals surface area contributed by atoms with Gasteiger partial charge in [-0.05, 0) is 37.1 Å². The van der Waals surface area contributed by atoms with E-state index in [1.807, 2.05) is 17.0 Å². The fourth-order valence-corrected chi connectivity index (χ4v) is 6.78. The fourth-order valence-electron chi connectivity index (χ4n) is 3.65. The van der Waals surface area contributed by atoms with Crippen molar-refractivity contribution in [3.8, 4) is 0 Å². The molecule has 0 unspecified atom stereocenters. The predicted molar refractivity (Wildman–Crippen MR) is 114 cm³/mol. The molecule has 2 aliphatic rings. The Kier molecular flexibility index (Phi) is 6.10. The number of hydrogen-bond donors (Lipinski definition) is 0. The van der Waals surface area contributed by atoms with Gasteiger partial charge in [0.1, 0.15) is 10.0 Å². The van der Waals surface area contributed by atoms with Gasteiger partial charge in [-0.15, -0.1) is 11.3 Å². The predicted octanol–water partition coefficient (Wildman–Crippen LogP) is 2.47. The van der Waals surface area contributed by atoms with Crippen LogP contribution in [0, 0.1) is 0 Å². The highest BCUT2D eigenvalue weighted by Gasteiger charge is 2.29. The highest BCUT2D eigenvalue weighted by molar-refractivity contribution is 7.91. The summed E-state index contributed by atoms with van der Waals surface area (Å²) in [5, 5.41) is 0.602. The highest BCUT2D eigenvalue weighted by atomic mass is 35.5. The molecule has 7 nitrogen and oxygen atoms in total. The van der Waals surface area contributed by atoms with Gasteiger partial charge in [0.2, 0.25) is 5.91 Å². The Morgan fingerprint density at radius 2 is 1.76 bits per heavy atom. The van der Waals surface area contributed by atoms with Gasteiger partial charge in [0, 0.05) is 50.3 Å². The number of halogens is 1. The quantitative estimate of drug-likeness (QED) is 0.693. The molecule has 2 saturated heterocycles. The van der Waals surface area contributed by atoms with Crippen LogP contribution in [-0.2, 0) is 21.2 Å². The molecule has 4 rings (SSSR count). The second-order valence-corrected chi connectivity index (χ2v) is 11.0. The van der Waals surface area contributed by atoms with Crippen molar-refractivity contribution >= 4 is 44.7 Å². The average Bonchev–Trinajstić information content (AvgIpc) is 3.42. The van der Waals surface area contributed by atoms with Crippen LogP contribution < -0.4 is 4.90 Å². The van der Waals surface area contributed by atoms with Gasteiger partial charge in [-0.25, -0.2) is 13.4 Å². The van der Waals surface area contributed by atoms with Crippen LogP contribution in [0.3, 0.4) is 0 Å². The van der Waals surface area contributed by atoms with Gasteiger partial charge in [0.05, 0.1) is 11.4 Å². The Morgan fingerprint density at radius 3 is 2.41 bits per heavy atom. The lowest BCUT2D eigenvalue weighted by Crippen LogP contribution is -2.49. The number of pyridine rings is 1. The van der Waals surface area contributed by atoms with Crippen molar-refractivity contribution < 1.29 is 13.2 Å². The van der Waals surface area contributed by atoms with Gasteiger partial charge in [-0.3, -0.25) is 4.79 Å². The van der Waals surface area contributed by atoms with Gasteiger partial charge in [0.15, 0.2) is 0 Å². The van der Waals surface area contributed by atoms with E-state index >= 15 is 0 Å². The van der Waals surface area contributed by atoms with E-state index in [-0.39, 0.29) is 12.3 Å². The molecule has 29 heavy (non-hydrogen) atoms. The lowest BCUT2D eigenvalue weighted by molar-refractivity contribution is -0.130. The lowest BCUT2D eigenvalue weighted by atomic mass is 10.2. The summed E-state index contributed by atoms with van der Waals surface area (Å²) in [6.07, 6.45) is 3.68. The number of nitrogens with zero attached hydrogens (tertiary/aromatic N) is 4. The number of rotatable bonds is 5. The molecule has 0 radical (unpaired) electrons. The molecule has 0 aliphatic carbocycles. The molecule has 4 heterocycles. The van der Waals surface area contributed by atoms with E-state index in [2.05, 4.69) is 9.88 Å². The molecule has 2 aromatic rings. The van der Waals surface area contributed by atoms with Crippen molar-refractivity contribution in [1.82, 2.24) is 14.2 Å². The first-order valence-electron chi connectivity index (χ1n) is 9.66. The second-order valence-electron chi connectivity index (χ2n) is 7.21. The van der Waals surface area contributed by atoms with Gasteiger partial charge in [-0.1, -0.05) is 11.6 Å². The molecule has 0 aromatic carbocycles. The average molecular weight is 455 g/mol. The molecule has 10 heteroatoms. The van der Waals surface area contributed by atoms with Gasteiger partial charge in [-0.2, -0.15) is 4.31 Å². The topological polar surface area (TPSA) is 73.8 Å². The van der Waals surface area contributed by atoms with E-state index in [0.717, 1.165) is 23.5 Å². The second kappa shape index (κ2) is 8.59. The molecule has 1 amide bonds. The molecule has 0 atom stereocenters. The largest absolute Gasteiger partial charge is 0.353 e. The number of amides is 1. The maximum atomic E-state index is 12.7. The molecule has 0 bridgehead atoms. The van der Waals surface area contributed by atoms with Crippen molar-refractivity contribution in [3.05, 3.63) is 40.4 Å². The summed E-state index contributed by atoms with van der Waals surface area (Å²) >= 11 is 7.09. The van der Waals surface area contributed by atoms with Crippen LogP contribution in [0.1, 0.15) is 17.7 Å². The smallest absolute Gasteiger partial charge is 0.252 e. The van der Waals surface area contributed by atoms with Crippen molar-refractivity contribution in [3.63, 3.8) is 0 Å². The van der Waals surface area contributed by atoms with Crippen molar-refractivity contribution in [2.75, 3.05) is 44.2 Å². The minimum atomic E-state index is -3.42. The number of aromatic nitrogens is 1. The van der Waals surface area contributed by atoms with Crippen LogP contribution >= 0.6 is 22.9 Å². The third-order valence-corrected chi connectivity index (χ3v) is 8.96. The van der Waals surface area contributed by atoms with E-state index < -0.39 is 10.0 Å². The minimum absolute atomic E-state index is 0.0284. The standard InChI is InChI=1S/C19H23ClN4O3S2/c20-15-3-5-17(21-14-15)22-9-11-23(12-10-22)18(25)13-16-4-6-19(28-16)29(26,27)24-7-1-2-8-24/h3-6,14H,1-2,7-13H2.